The highest BCUT2D eigenvalue weighted by atomic mass is 16.3. The van der Waals surface area contributed by atoms with E-state index in [1.54, 1.807) is 0 Å². The molecule has 12 heavy (non-hydrogen) atoms. The van der Waals surface area contributed by atoms with Crippen molar-refractivity contribution >= 4 is 0 Å². The molecule has 0 aliphatic heterocycles. The monoisotopic (exact) mass is 173 g/mol. The number of rotatable bonds is 6. The van der Waals surface area contributed by atoms with E-state index in [-0.39, 0.29) is 12.6 Å². The molecule has 0 aromatic carbocycles. The lowest BCUT2D eigenvalue weighted by atomic mass is 10.00. The maximum absolute atomic E-state index is 8.97. The molecule has 0 radical (unpaired) electrons. The van der Waals surface area contributed by atoms with Crippen molar-refractivity contribution in [1.29, 1.82) is 0 Å². The summed E-state index contributed by atoms with van der Waals surface area (Å²) in [6, 6.07) is 0.779. The van der Waals surface area contributed by atoms with Crippen molar-refractivity contribution in [3.05, 3.63) is 0 Å². The zero-order valence-corrected chi connectivity index (χ0v) is 8.80. The summed E-state index contributed by atoms with van der Waals surface area (Å²) in [4.78, 5) is 0. The van der Waals surface area contributed by atoms with Gasteiger partial charge in [0, 0.05) is 12.1 Å². The lowest BCUT2D eigenvalue weighted by Crippen LogP contribution is -2.41. The van der Waals surface area contributed by atoms with E-state index in [4.69, 9.17) is 5.11 Å². The van der Waals surface area contributed by atoms with E-state index in [0.29, 0.717) is 12.0 Å². The van der Waals surface area contributed by atoms with Gasteiger partial charge >= 0.3 is 0 Å². The molecule has 0 heterocycles. The van der Waals surface area contributed by atoms with Crippen molar-refractivity contribution < 1.29 is 5.11 Å². The molecule has 2 heteroatoms. The van der Waals surface area contributed by atoms with Crippen molar-refractivity contribution in [3.8, 4) is 0 Å². The van der Waals surface area contributed by atoms with Crippen LogP contribution in [0.1, 0.15) is 40.5 Å². The van der Waals surface area contributed by atoms with Crippen LogP contribution in [0.3, 0.4) is 0 Å². The van der Waals surface area contributed by atoms with Crippen molar-refractivity contribution in [3.63, 3.8) is 0 Å². The minimum atomic E-state index is 0.247. The molecular formula is C10H23NO. The third-order valence-corrected chi connectivity index (χ3v) is 2.71. The maximum Gasteiger partial charge on any atom is 0.0584 e. The van der Waals surface area contributed by atoms with Gasteiger partial charge in [-0.1, -0.05) is 27.2 Å². The quantitative estimate of drug-likeness (QED) is 0.641. The molecule has 0 bridgehead atoms. The summed E-state index contributed by atoms with van der Waals surface area (Å²) < 4.78 is 0. The lowest BCUT2D eigenvalue weighted by Gasteiger charge is -2.24. The van der Waals surface area contributed by atoms with Crippen molar-refractivity contribution in [2.45, 2.75) is 52.6 Å². The highest BCUT2D eigenvalue weighted by molar-refractivity contribution is 4.72. The third kappa shape index (κ3) is 4.07. The summed E-state index contributed by atoms with van der Waals surface area (Å²) in [6.07, 6.45) is 2.19. The van der Waals surface area contributed by atoms with Crippen LogP contribution < -0.4 is 5.32 Å². The van der Waals surface area contributed by atoms with Crippen LogP contribution in [0.5, 0.6) is 0 Å². The Morgan fingerprint density at radius 1 is 1.17 bits per heavy atom. The first-order valence-electron chi connectivity index (χ1n) is 5.02. The summed E-state index contributed by atoms with van der Waals surface area (Å²) in [5.41, 5.74) is 0. The van der Waals surface area contributed by atoms with Crippen LogP contribution in [-0.2, 0) is 0 Å². The van der Waals surface area contributed by atoms with E-state index in [2.05, 4.69) is 33.0 Å². The maximum atomic E-state index is 8.97. The van der Waals surface area contributed by atoms with E-state index in [1.165, 1.54) is 6.42 Å². The molecular weight excluding hydrogens is 150 g/mol. The number of hydrogen-bond acceptors (Lipinski definition) is 2. The van der Waals surface area contributed by atoms with Gasteiger partial charge in [-0.05, 0) is 19.3 Å². The van der Waals surface area contributed by atoms with Gasteiger partial charge in [0.25, 0.3) is 0 Å². The van der Waals surface area contributed by atoms with Crippen LogP contribution in [-0.4, -0.2) is 23.8 Å². The molecule has 2 N–H and O–H groups in total. The molecule has 3 atom stereocenters. The minimum Gasteiger partial charge on any atom is -0.395 e. The van der Waals surface area contributed by atoms with E-state index >= 15 is 0 Å². The minimum absolute atomic E-state index is 0.247. The first-order chi connectivity index (χ1) is 5.65. The summed E-state index contributed by atoms with van der Waals surface area (Å²) >= 11 is 0. The average Bonchev–Trinajstić information content (AvgIpc) is 2.12. The van der Waals surface area contributed by atoms with Crippen molar-refractivity contribution in [1.82, 2.24) is 5.32 Å². The highest BCUT2D eigenvalue weighted by Crippen LogP contribution is 2.07. The fraction of sp³-hybridized carbons (Fsp3) is 1.00. The van der Waals surface area contributed by atoms with Gasteiger partial charge in [-0.15, -0.1) is 0 Å². The Kier molecular flexibility index (Phi) is 6.39. The zero-order chi connectivity index (χ0) is 9.56. The van der Waals surface area contributed by atoms with Gasteiger partial charge in [-0.3, -0.25) is 0 Å². The molecule has 2 nitrogen and oxygen atoms in total. The molecule has 0 fully saturated rings. The first kappa shape index (κ1) is 11.9. The summed E-state index contributed by atoms with van der Waals surface area (Å²) in [7, 11) is 0. The normalized spacial score (nSPS) is 18.8. The number of hydrogen-bond donors (Lipinski definition) is 2. The van der Waals surface area contributed by atoms with Gasteiger partial charge in [0.2, 0.25) is 0 Å². The summed E-state index contributed by atoms with van der Waals surface area (Å²) in [5, 5.41) is 12.4. The van der Waals surface area contributed by atoms with Crippen molar-refractivity contribution in [2.24, 2.45) is 5.92 Å². The van der Waals surface area contributed by atoms with Gasteiger partial charge in [0.05, 0.1) is 6.61 Å². The molecule has 0 aliphatic rings. The Balaban J connectivity index is 3.72. The molecule has 0 aromatic heterocycles. The summed E-state index contributed by atoms with van der Waals surface area (Å²) in [5.74, 6) is 0.686. The molecule has 0 rings (SSSR count). The lowest BCUT2D eigenvalue weighted by molar-refractivity contribution is 0.216. The number of aliphatic hydroxyl groups excluding tert-OH is 1. The largest absolute Gasteiger partial charge is 0.395 e. The second-order valence-electron chi connectivity index (χ2n) is 3.63. The van der Waals surface area contributed by atoms with Crippen LogP contribution in [0, 0.1) is 5.92 Å². The Morgan fingerprint density at radius 2 is 1.75 bits per heavy atom. The zero-order valence-electron chi connectivity index (χ0n) is 8.80. The van der Waals surface area contributed by atoms with Crippen LogP contribution in [0.15, 0.2) is 0 Å². The predicted molar refractivity (Wildman–Crippen MR) is 53.2 cm³/mol. The van der Waals surface area contributed by atoms with Crippen LogP contribution in [0.25, 0.3) is 0 Å². The predicted octanol–water partition coefficient (Wildman–Crippen LogP) is 1.78. The van der Waals surface area contributed by atoms with Gasteiger partial charge < -0.3 is 10.4 Å². The molecule has 0 saturated heterocycles. The first-order valence-corrected chi connectivity index (χ1v) is 5.02. The van der Waals surface area contributed by atoms with Crippen molar-refractivity contribution in [2.75, 3.05) is 6.61 Å². The fourth-order valence-electron chi connectivity index (χ4n) is 1.19. The molecule has 0 saturated carbocycles. The van der Waals surface area contributed by atoms with E-state index in [0.717, 1.165) is 6.42 Å². The highest BCUT2D eigenvalue weighted by Gasteiger charge is 2.13. The topological polar surface area (TPSA) is 32.3 Å². The van der Waals surface area contributed by atoms with Gasteiger partial charge in [0.1, 0.15) is 0 Å². The van der Waals surface area contributed by atoms with Crippen LogP contribution in [0.2, 0.25) is 0 Å². The molecule has 0 amide bonds. The molecule has 0 unspecified atom stereocenters. The Hall–Kier alpha value is -0.0800. The van der Waals surface area contributed by atoms with Gasteiger partial charge in [0.15, 0.2) is 0 Å². The second-order valence-corrected chi connectivity index (χ2v) is 3.63. The fourth-order valence-corrected chi connectivity index (χ4v) is 1.19. The Bertz CT molecular complexity index is 102. The third-order valence-electron chi connectivity index (χ3n) is 2.71. The van der Waals surface area contributed by atoms with Crippen LogP contribution >= 0.6 is 0 Å². The Morgan fingerprint density at radius 3 is 2.08 bits per heavy atom. The van der Waals surface area contributed by atoms with Gasteiger partial charge in [-0.25, -0.2) is 0 Å². The number of nitrogens with one attached hydrogen (secondary N) is 1. The summed E-state index contributed by atoms with van der Waals surface area (Å²) in [6.45, 7) is 8.96. The van der Waals surface area contributed by atoms with Gasteiger partial charge in [-0.2, -0.15) is 0 Å². The Labute approximate surface area is 76.4 Å². The smallest absolute Gasteiger partial charge is 0.0584 e. The molecule has 0 aliphatic carbocycles. The molecule has 0 aromatic rings. The average molecular weight is 173 g/mol. The standard InChI is InChI=1S/C10H23NO/c1-5-8(3)9(4)11-10(6-2)7-12/h8-12H,5-7H2,1-4H3/t8-,9+,10+/m1/s1. The number of aliphatic hydroxyl groups is 1. The second kappa shape index (κ2) is 6.44. The van der Waals surface area contributed by atoms with E-state index < -0.39 is 0 Å². The SMILES string of the molecule is CC[C@@H](CO)N[C@@H](C)[C@H](C)CC. The molecule has 0 spiro atoms. The van der Waals surface area contributed by atoms with E-state index in [9.17, 15) is 0 Å². The van der Waals surface area contributed by atoms with E-state index in [1.807, 2.05) is 0 Å². The van der Waals surface area contributed by atoms with Crippen LogP contribution in [0.4, 0.5) is 0 Å². The molecule has 74 valence electrons.